The van der Waals surface area contributed by atoms with E-state index in [0.29, 0.717) is 10.7 Å². The average Bonchev–Trinajstić information content (AvgIpc) is 2.54. The van der Waals surface area contributed by atoms with Crippen LogP contribution in [0.4, 0.5) is 5.69 Å². The van der Waals surface area contributed by atoms with Gasteiger partial charge < -0.3 is 5.32 Å². The fraction of sp³-hybridized carbons (Fsp3) is 0.250. The molecule has 0 saturated heterocycles. The van der Waals surface area contributed by atoms with Gasteiger partial charge in [0.1, 0.15) is 18.2 Å². The summed E-state index contributed by atoms with van der Waals surface area (Å²) in [4.78, 5) is 36.5. The monoisotopic (exact) mass is 346 g/mol. The normalized spacial score (nSPS) is 10.2. The maximum absolute atomic E-state index is 12.2. The summed E-state index contributed by atoms with van der Waals surface area (Å²) in [5.74, 6) is -0.585. The Hall–Kier alpha value is -2.85. The van der Waals surface area contributed by atoms with Crippen molar-refractivity contribution in [3.05, 3.63) is 61.4 Å². The molecule has 0 aliphatic heterocycles. The standard InChI is InChI=1S/C16H15ClN4O3/c1-3-20-8-11(7-18)15(23)21(16(20)24)9-14(22)19-13-5-4-10(2)6-12(13)17/h4-6,8H,3,9H2,1-2H3,(H,19,22). The van der Waals surface area contributed by atoms with Gasteiger partial charge in [-0.25, -0.2) is 9.36 Å². The number of nitrogens with one attached hydrogen (secondary N) is 1. The first-order chi connectivity index (χ1) is 11.4. The van der Waals surface area contributed by atoms with Gasteiger partial charge >= 0.3 is 5.69 Å². The molecule has 1 aromatic heterocycles. The van der Waals surface area contributed by atoms with Crippen molar-refractivity contribution in [2.24, 2.45) is 0 Å². The van der Waals surface area contributed by atoms with Crippen molar-refractivity contribution in [3.8, 4) is 6.07 Å². The molecule has 0 spiro atoms. The molecule has 2 aromatic rings. The molecule has 8 heteroatoms. The fourth-order valence-corrected chi connectivity index (χ4v) is 2.43. The molecule has 0 unspecified atom stereocenters. The molecular weight excluding hydrogens is 332 g/mol. The van der Waals surface area contributed by atoms with Crippen molar-refractivity contribution in [1.82, 2.24) is 9.13 Å². The lowest BCUT2D eigenvalue weighted by Gasteiger charge is -2.11. The van der Waals surface area contributed by atoms with Crippen molar-refractivity contribution in [2.75, 3.05) is 5.32 Å². The Kier molecular flexibility index (Phi) is 5.21. The van der Waals surface area contributed by atoms with Crippen molar-refractivity contribution in [2.45, 2.75) is 26.9 Å². The summed E-state index contributed by atoms with van der Waals surface area (Å²) in [6, 6.07) is 6.82. The van der Waals surface area contributed by atoms with Gasteiger partial charge in [0, 0.05) is 12.7 Å². The number of amides is 1. The predicted octanol–water partition coefficient (Wildman–Crippen LogP) is 1.50. The van der Waals surface area contributed by atoms with E-state index in [-0.39, 0.29) is 12.1 Å². The van der Waals surface area contributed by atoms with Gasteiger partial charge in [-0.2, -0.15) is 5.26 Å². The lowest BCUT2D eigenvalue weighted by molar-refractivity contribution is -0.116. The number of aromatic nitrogens is 2. The third-order valence-electron chi connectivity index (χ3n) is 3.40. The van der Waals surface area contributed by atoms with Crippen LogP contribution < -0.4 is 16.6 Å². The predicted molar refractivity (Wildman–Crippen MR) is 90.2 cm³/mol. The number of hydrogen-bond acceptors (Lipinski definition) is 4. The molecule has 0 fully saturated rings. The number of rotatable bonds is 4. The maximum Gasteiger partial charge on any atom is 0.331 e. The summed E-state index contributed by atoms with van der Waals surface area (Å²) >= 11 is 6.04. The third-order valence-corrected chi connectivity index (χ3v) is 3.71. The SMILES string of the molecule is CCn1cc(C#N)c(=O)n(CC(=O)Nc2ccc(C)cc2Cl)c1=O. The smallest absolute Gasteiger partial charge is 0.323 e. The number of benzene rings is 1. The van der Waals surface area contributed by atoms with Crippen LogP contribution in [0.25, 0.3) is 0 Å². The molecule has 0 aliphatic rings. The number of nitrogens with zero attached hydrogens (tertiary/aromatic N) is 3. The minimum atomic E-state index is -0.794. The van der Waals surface area contributed by atoms with E-state index in [1.807, 2.05) is 6.92 Å². The molecule has 24 heavy (non-hydrogen) atoms. The van der Waals surface area contributed by atoms with Crippen LogP contribution in [-0.2, 0) is 17.9 Å². The van der Waals surface area contributed by atoms with Crippen LogP contribution in [0, 0.1) is 18.3 Å². The van der Waals surface area contributed by atoms with Crippen LogP contribution in [0.15, 0.2) is 34.0 Å². The Morgan fingerprint density at radius 3 is 2.67 bits per heavy atom. The highest BCUT2D eigenvalue weighted by Gasteiger charge is 2.14. The first-order valence-electron chi connectivity index (χ1n) is 7.17. The van der Waals surface area contributed by atoms with E-state index in [9.17, 15) is 14.4 Å². The summed E-state index contributed by atoms with van der Waals surface area (Å²) < 4.78 is 1.94. The summed E-state index contributed by atoms with van der Waals surface area (Å²) in [7, 11) is 0. The maximum atomic E-state index is 12.2. The van der Waals surface area contributed by atoms with Crippen molar-refractivity contribution < 1.29 is 4.79 Å². The number of carbonyl (C=O) groups excluding carboxylic acids is 1. The molecule has 7 nitrogen and oxygen atoms in total. The van der Waals surface area contributed by atoms with E-state index in [4.69, 9.17) is 16.9 Å². The van der Waals surface area contributed by atoms with Gasteiger partial charge in [0.2, 0.25) is 5.91 Å². The number of anilines is 1. The first-order valence-corrected chi connectivity index (χ1v) is 7.55. The zero-order chi connectivity index (χ0) is 17.9. The highest BCUT2D eigenvalue weighted by atomic mass is 35.5. The zero-order valence-electron chi connectivity index (χ0n) is 13.2. The number of halogens is 1. The second kappa shape index (κ2) is 7.15. The molecule has 1 amide bonds. The quantitative estimate of drug-likeness (QED) is 0.907. The Labute approximate surface area is 142 Å². The van der Waals surface area contributed by atoms with Gasteiger partial charge in [-0.1, -0.05) is 17.7 Å². The van der Waals surface area contributed by atoms with E-state index < -0.39 is 23.7 Å². The number of hydrogen-bond donors (Lipinski definition) is 1. The van der Waals surface area contributed by atoms with Crippen molar-refractivity contribution in [1.29, 1.82) is 5.26 Å². The largest absolute Gasteiger partial charge is 0.331 e. The van der Waals surface area contributed by atoms with Gasteiger partial charge in [0.05, 0.1) is 10.7 Å². The third kappa shape index (κ3) is 3.55. The van der Waals surface area contributed by atoms with Gasteiger partial charge in [0.15, 0.2) is 0 Å². The molecule has 2 rings (SSSR count). The van der Waals surface area contributed by atoms with Gasteiger partial charge in [-0.05, 0) is 31.5 Å². The lowest BCUT2D eigenvalue weighted by atomic mass is 10.2. The van der Waals surface area contributed by atoms with E-state index in [0.717, 1.165) is 10.1 Å². The molecule has 124 valence electrons. The second-order valence-corrected chi connectivity index (χ2v) is 5.55. The molecule has 0 saturated carbocycles. The Balaban J connectivity index is 2.34. The zero-order valence-corrected chi connectivity index (χ0v) is 13.9. The molecule has 1 N–H and O–H groups in total. The fourth-order valence-electron chi connectivity index (χ4n) is 2.15. The van der Waals surface area contributed by atoms with E-state index >= 15 is 0 Å². The Morgan fingerprint density at radius 1 is 1.38 bits per heavy atom. The summed E-state index contributed by atoms with van der Waals surface area (Å²) in [5, 5.41) is 11.9. The first kappa shape index (κ1) is 17.5. The minimum Gasteiger partial charge on any atom is -0.323 e. The summed E-state index contributed by atoms with van der Waals surface area (Å²) in [6.45, 7) is 3.33. The Morgan fingerprint density at radius 2 is 2.08 bits per heavy atom. The number of nitriles is 1. The van der Waals surface area contributed by atoms with E-state index in [2.05, 4.69) is 5.32 Å². The van der Waals surface area contributed by atoms with Crippen molar-refractivity contribution >= 4 is 23.2 Å². The van der Waals surface area contributed by atoms with Crippen LogP contribution in [-0.4, -0.2) is 15.0 Å². The summed E-state index contributed by atoms with van der Waals surface area (Å²) in [5.41, 5.74) is -0.323. The highest BCUT2D eigenvalue weighted by Crippen LogP contribution is 2.22. The number of aryl methyl sites for hydroxylation is 2. The van der Waals surface area contributed by atoms with Crippen LogP contribution in [0.3, 0.4) is 0 Å². The molecule has 0 bridgehead atoms. The Bertz CT molecular complexity index is 953. The molecule has 1 aromatic carbocycles. The van der Waals surface area contributed by atoms with Crippen molar-refractivity contribution in [3.63, 3.8) is 0 Å². The molecule has 0 radical (unpaired) electrons. The minimum absolute atomic E-state index is 0.197. The molecule has 1 heterocycles. The van der Waals surface area contributed by atoms with Gasteiger partial charge in [-0.15, -0.1) is 0 Å². The number of carbonyl (C=O) groups is 1. The van der Waals surface area contributed by atoms with Crippen LogP contribution >= 0.6 is 11.6 Å². The topological polar surface area (TPSA) is 96.9 Å². The second-order valence-electron chi connectivity index (χ2n) is 5.15. The highest BCUT2D eigenvalue weighted by molar-refractivity contribution is 6.33. The molecular formula is C16H15ClN4O3. The molecule has 0 aliphatic carbocycles. The van der Waals surface area contributed by atoms with E-state index in [1.54, 1.807) is 31.2 Å². The lowest BCUT2D eigenvalue weighted by Crippen LogP contribution is -2.43. The average molecular weight is 347 g/mol. The molecule has 0 atom stereocenters. The van der Waals surface area contributed by atoms with Crippen LogP contribution in [0.5, 0.6) is 0 Å². The van der Waals surface area contributed by atoms with Gasteiger partial charge in [-0.3, -0.25) is 14.2 Å². The van der Waals surface area contributed by atoms with Crippen LogP contribution in [0.2, 0.25) is 5.02 Å². The summed E-state index contributed by atoms with van der Waals surface area (Å²) in [6.07, 6.45) is 1.19. The van der Waals surface area contributed by atoms with E-state index in [1.165, 1.54) is 10.8 Å². The van der Waals surface area contributed by atoms with Gasteiger partial charge in [0.25, 0.3) is 5.56 Å². The van der Waals surface area contributed by atoms with Crippen LogP contribution in [0.1, 0.15) is 18.1 Å².